The van der Waals surface area contributed by atoms with Gasteiger partial charge < -0.3 is 13.6 Å². The normalized spacial score (nSPS) is 9.88. The summed E-state index contributed by atoms with van der Waals surface area (Å²) in [6.07, 6.45) is 1.44. The van der Waals surface area contributed by atoms with Crippen molar-refractivity contribution in [3.63, 3.8) is 0 Å². The van der Waals surface area contributed by atoms with Gasteiger partial charge in [0.1, 0.15) is 6.07 Å². The quantitative estimate of drug-likeness (QED) is 0.751. The third-order valence-corrected chi connectivity index (χ3v) is 1.93. The standard InChI is InChI=1S/C11H8N2O4/c1-2-15-11(14)9-7(6-12)13-10(17-9)8-4-3-5-16-8/h3-5H,2H2,1H3. The van der Waals surface area contributed by atoms with E-state index in [4.69, 9.17) is 18.8 Å². The third kappa shape index (κ3) is 2.03. The molecule has 0 spiro atoms. The van der Waals surface area contributed by atoms with Crippen molar-refractivity contribution >= 4 is 5.97 Å². The first-order valence-electron chi connectivity index (χ1n) is 4.88. The summed E-state index contributed by atoms with van der Waals surface area (Å²) < 4.78 is 15.0. The van der Waals surface area contributed by atoms with Gasteiger partial charge in [-0.3, -0.25) is 0 Å². The molecule has 17 heavy (non-hydrogen) atoms. The molecule has 0 aliphatic rings. The summed E-state index contributed by atoms with van der Waals surface area (Å²) in [5.74, 6) is -0.498. The molecule has 2 aromatic rings. The Labute approximate surface area is 96.4 Å². The molecule has 0 radical (unpaired) electrons. The Balaban J connectivity index is 2.41. The van der Waals surface area contributed by atoms with Crippen molar-refractivity contribution in [1.29, 1.82) is 5.26 Å². The Kier molecular flexibility index (Phi) is 2.92. The van der Waals surface area contributed by atoms with Crippen LogP contribution in [0.3, 0.4) is 0 Å². The highest BCUT2D eigenvalue weighted by Gasteiger charge is 2.22. The van der Waals surface area contributed by atoms with E-state index in [-0.39, 0.29) is 24.0 Å². The zero-order valence-electron chi connectivity index (χ0n) is 8.97. The van der Waals surface area contributed by atoms with E-state index < -0.39 is 5.97 Å². The molecule has 6 heteroatoms. The van der Waals surface area contributed by atoms with Gasteiger partial charge in [0.15, 0.2) is 11.5 Å². The van der Waals surface area contributed by atoms with E-state index in [1.165, 1.54) is 6.26 Å². The topological polar surface area (TPSA) is 89.3 Å². The lowest BCUT2D eigenvalue weighted by atomic mass is 10.4. The molecular formula is C11H8N2O4. The molecule has 0 aliphatic carbocycles. The van der Waals surface area contributed by atoms with Gasteiger partial charge >= 0.3 is 5.97 Å². The van der Waals surface area contributed by atoms with Crippen molar-refractivity contribution in [2.75, 3.05) is 6.61 Å². The Morgan fingerprint density at radius 3 is 3.06 bits per heavy atom. The molecule has 86 valence electrons. The van der Waals surface area contributed by atoms with Crippen LogP contribution >= 0.6 is 0 Å². The van der Waals surface area contributed by atoms with Crippen molar-refractivity contribution < 1.29 is 18.4 Å². The number of oxazole rings is 1. The van der Waals surface area contributed by atoms with Gasteiger partial charge in [-0.05, 0) is 19.1 Å². The molecule has 0 N–H and O–H groups in total. The van der Waals surface area contributed by atoms with Gasteiger partial charge in [-0.1, -0.05) is 0 Å². The molecule has 0 atom stereocenters. The first-order chi connectivity index (χ1) is 8.26. The molecule has 0 fully saturated rings. The number of furan rings is 1. The first kappa shape index (κ1) is 11.0. The summed E-state index contributed by atoms with van der Waals surface area (Å²) >= 11 is 0. The molecule has 0 amide bonds. The number of ether oxygens (including phenoxy) is 1. The average Bonchev–Trinajstić information content (AvgIpc) is 2.97. The number of nitriles is 1. The molecule has 2 aromatic heterocycles. The van der Waals surface area contributed by atoms with Crippen molar-refractivity contribution in [2.45, 2.75) is 6.92 Å². The second-order valence-corrected chi connectivity index (χ2v) is 3.01. The molecule has 6 nitrogen and oxygen atoms in total. The van der Waals surface area contributed by atoms with Gasteiger partial charge in [-0.15, -0.1) is 0 Å². The van der Waals surface area contributed by atoms with Gasteiger partial charge in [0.05, 0.1) is 12.9 Å². The fraction of sp³-hybridized carbons (Fsp3) is 0.182. The number of nitrogens with zero attached hydrogens (tertiary/aromatic N) is 2. The minimum absolute atomic E-state index is 0.0783. The minimum atomic E-state index is -0.714. The summed E-state index contributed by atoms with van der Waals surface area (Å²) in [4.78, 5) is 15.3. The maximum atomic E-state index is 11.5. The van der Waals surface area contributed by atoms with Crippen LogP contribution in [0.1, 0.15) is 23.2 Å². The average molecular weight is 232 g/mol. The van der Waals surface area contributed by atoms with Gasteiger partial charge in [0, 0.05) is 0 Å². The number of rotatable bonds is 3. The van der Waals surface area contributed by atoms with E-state index in [0.29, 0.717) is 5.76 Å². The van der Waals surface area contributed by atoms with Gasteiger partial charge in [-0.2, -0.15) is 10.2 Å². The summed E-state index contributed by atoms with van der Waals surface area (Å²) in [6.45, 7) is 1.86. The van der Waals surface area contributed by atoms with Crippen molar-refractivity contribution in [3.05, 3.63) is 29.9 Å². The van der Waals surface area contributed by atoms with Crippen LogP contribution in [0.25, 0.3) is 11.7 Å². The third-order valence-electron chi connectivity index (χ3n) is 1.93. The van der Waals surface area contributed by atoms with Crippen LogP contribution in [0, 0.1) is 11.3 Å². The Morgan fingerprint density at radius 2 is 2.47 bits per heavy atom. The smallest absolute Gasteiger partial charge is 0.377 e. The second kappa shape index (κ2) is 4.53. The number of carbonyl (C=O) groups excluding carboxylic acids is 1. The lowest BCUT2D eigenvalue weighted by molar-refractivity contribution is 0.0490. The van der Waals surface area contributed by atoms with E-state index in [1.807, 2.05) is 0 Å². The predicted molar refractivity (Wildman–Crippen MR) is 54.9 cm³/mol. The zero-order chi connectivity index (χ0) is 12.3. The van der Waals surface area contributed by atoms with E-state index in [9.17, 15) is 4.79 Å². The molecule has 0 unspecified atom stereocenters. The van der Waals surface area contributed by atoms with E-state index in [1.54, 1.807) is 25.1 Å². The molecule has 0 aromatic carbocycles. The van der Waals surface area contributed by atoms with Crippen LogP contribution in [-0.4, -0.2) is 17.6 Å². The van der Waals surface area contributed by atoms with Gasteiger partial charge in [0.25, 0.3) is 11.7 Å². The fourth-order valence-corrected chi connectivity index (χ4v) is 1.24. The molecule has 2 heterocycles. The molecule has 0 saturated carbocycles. The summed E-state index contributed by atoms with van der Waals surface area (Å²) in [5.41, 5.74) is -0.116. The number of hydrogen-bond acceptors (Lipinski definition) is 6. The van der Waals surface area contributed by atoms with E-state index >= 15 is 0 Å². The number of hydrogen-bond donors (Lipinski definition) is 0. The predicted octanol–water partition coefficient (Wildman–Crippen LogP) is 1.98. The molecule has 0 aliphatic heterocycles. The number of esters is 1. The van der Waals surface area contributed by atoms with Crippen molar-refractivity contribution in [2.24, 2.45) is 0 Å². The Bertz CT molecular complexity index is 563. The summed E-state index contributed by atoms with van der Waals surface area (Å²) in [6, 6.07) is 5.03. The van der Waals surface area contributed by atoms with Crippen LogP contribution in [-0.2, 0) is 4.74 Å². The van der Waals surface area contributed by atoms with Gasteiger partial charge in [-0.25, -0.2) is 4.79 Å². The molecule has 0 saturated heterocycles. The highest BCUT2D eigenvalue weighted by Crippen LogP contribution is 2.22. The maximum Gasteiger partial charge on any atom is 0.377 e. The van der Waals surface area contributed by atoms with Crippen LogP contribution in [0.15, 0.2) is 27.2 Å². The SMILES string of the molecule is CCOC(=O)c1oc(-c2ccco2)nc1C#N. The van der Waals surface area contributed by atoms with E-state index in [0.717, 1.165) is 0 Å². The summed E-state index contributed by atoms with van der Waals surface area (Å²) in [5, 5.41) is 8.84. The fourth-order valence-electron chi connectivity index (χ4n) is 1.24. The molecule has 0 bridgehead atoms. The van der Waals surface area contributed by atoms with E-state index in [2.05, 4.69) is 4.98 Å². The highest BCUT2D eigenvalue weighted by molar-refractivity contribution is 5.88. The first-order valence-corrected chi connectivity index (χ1v) is 4.88. The maximum absolute atomic E-state index is 11.5. The number of carbonyl (C=O) groups is 1. The minimum Gasteiger partial charge on any atom is -0.460 e. The van der Waals surface area contributed by atoms with Crippen LogP contribution in [0.2, 0.25) is 0 Å². The lowest BCUT2D eigenvalue weighted by Gasteiger charge is -1.96. The van der Waals surface area contributed by atoms with Crippen LogP contribution in [0.5, 0.6) is 0 Å². The highest BCUT2D eigenvalue weighted by atomic mass is 16.5. The second-order valence-electron chi connectivity index (χ2n) is 3.01. The largest absolute Gasteiger partial charge is 0.460 e. The van der Waals surface area contributed by atoms with Gasteiger partial charge in [0.2, 0.25) is 0 Å². The molecule has 2 rings (SSSR count). The summed E-state index contributed by atoms with van der Waals surface area (Å²) in [7, 11) is 0. The zero-order valence-corrected chi connectivity index (χ0v) is 8.97. The van der Waals surface area contributed by atoms with Crippen LogP contribution < -0.4 is 0 Å². The lowest BCUT2D eigenvalue weighted by Crippen LogP contribution is -2.05. The van der Waals surface area contributed by atoms with Crippen LogP contribution in [0.4, 0.5) is 0 Å². The Morgan fingerprint density at radius 1 is 1.65 bits per heavy atom. The number of aromatic nitrogens is 1. The van der Waals surface area contributed by atoms with Crippen molar-refractivity contribution in [3.8, 4) is 17.7 Å². The monoisotopic (exact) mass is 232 g/mol. The van der Waals surface area contributed by atoms with Crippen molar-refractivity contribution in [1.82, 2.24) is 4.98 Å². The molecular weight excluding hydrogens is 224 g/mol. The Hall–Kier alpha value is -2.55.